The van der Waals surface area contributed by atoms with E-state index in [9.17, 15) is 4.39 Å². The highest BCUT2D eigenvalue weighted by molar-refractivity contribution is 5.50. The summed E-state index contributed by atoms with van der Waals surface area (Å²) in [4.78, 5) is 0. The van der Waals surface area contributed by atoms with Crippen LogP contribution in [-0.4, -0.2) is 14.2 Å². The Kier molecular flexibility index (Phi) is 4.25. The lowest BCUT2D eigenvalue weighted by atomic mass is 9.96. The van der Waals surface area contributed by atoms with Crippen molar-refractivity contribution in [2.24, 2.45) is 5.73 Å². The molecule has 0 aliphatic heterocycles. The molecule has 0 saturated carbocycles. The molecule has 1 atom stereocenters. The summed E-state index contributed by atoms with van der Waals surface area (Å²) in [6.45, 7) is 1.90. The van der Waals surface area contributed by atoms with Crippen molar-refractivity contribution < 1.29 is 13.9 Å². The van der Waals surface area contributed by atoms with E-state index < -0.39 is 6.04 Å². The summed E-state index contributed by atoms with van der Waals surface area (Å²) < 4.78 is 24.7. The molecule has 0 spiro atoms. The van der Waals surface area contributed by atoms with E-state index in [2.05, 4.69) is 0 Å². The predicted molar refractivity (Wildman–Crippen MR) is 76.7 cm³/mol. The average Bonchev–Trinajstić information content (AvgIpc) is 2.48. The molecule has 0 radical (unpaired) electrons. The Balaban J connectivity index is 2.58. The number of aryl methyl sites for hydroxylation is 1. The van der Waals surface area contributed by atoms with Crippen molar-refractivity contribution in [2.45, 2.75) is 13.0 Å². The molecule has 0 aliphatic rings. The second-order valence-electron chi connectivity index (χ2n) is 4.58. The van der Waals surface area contributed by atoms with Gasteiger partial charge in [0.2, 0.25) is 0 Å². The van der Waals surface area contributed by atoms with Crippen LogP contribution in [0.1, 0.15) is 22.7 Å². The van der Waals surface area contributed by atoms with Crippen LogP contribution in [-0.2, 0) is 0 Å². The van der Waals surface area contributed by atoms with Crippen LogP contribution in [0.3, 0.4) is 0 Å². The van der Waals surface area contributed by atoms with Crippen molar-refractivity contribution in [2.75, 3.05) is 14.2 Å². The van der Waals surface area contributed by atoms with Gasteiger partial charge in [0.05, 0.1) is 25.8 Å². The van der Waals surface area contributed by atoms with Gasteiger partial charge in [-0.15, -0.1) is 0 Å². The third-order valence-electron chi connectivity index (χ3n) is 3.26. The van der Waals surface area contributed by atoms with Gasteiger partial charge < -0.3 is 15.2 Å². The minimum Gasteiger partial charge on any atom is -0.496 e. The fourth-order valence-electron chi connectivity index (χ4n) is 2.24. The van der Waals surface area contributed by atoms with Crippen molar-refractivity contribution in [1.29, 1.82) is 0 Å². The van der Waals surface area contributed by atoms with E-state index in [1.165, 1.54) is 6.07 Å². The number of hydrogen-bond acceptors (Lipinski definition) is 3. The molecule has 106 valence electrons. The SMILES string of the molecule is COc1cccc(OC)c1C(N)c1cc(C)ccc1F. The van der Waals surface area contributed by atoms with E-state index in [1.807, 2.05) is 6.92 Å². The van der Waals surface area contributed by atoms with E-state index in [0.717, 1.165) is 5.56 Å². The lowest BCUT2D eigenvalue weighted by molar-refractivity contribution is 0.381. The molecular formula is C16H18FNO2. The highest BCUT2D eigenvalue weighted by Crippen LogP contribution is 2.36. The summed E-state index contributed by atoms with van der Waals surface area (Å²) >= 11 is 0. The summed E-state index contributed by atoms with van der Waals surface area (Å²) in [5.74, 6) is 0.826. The fourth-order valence-corrected chi connectivity index (χ4v) is 2.24. The molecule has 2 rings (SSSR count). The summed E-state index contributed by atoms with van der Waals surface area (Å²) in [5, 5.41) is 0. The molecule has 1 unspecified atom stereocenters. The molecule has 0 fully saturated rings. The maximum Gasteiger partial charge on any atom is 0.128 e. The van der Waals surface area contributed by atoms with Gasteiger partial charge in [-0.05, 0) is 25.1 Å². The largest absolute Gasteiger partial charge is 0.496 e. The normalized spacial score (nSPS) is 12.1. The second kappa shape index (κ2) is 5.92. The summed E-state index contributed by atoms with van der Waals surface area (Å²) in [5.41, 5.74) is 8.25. The van der Waals surface area contributed by atoms with E-state index in [-0.39, 0.29) is 5.82 Å². The van der Waals surface area contributed by atoms with E-state index in [1.54, 1.807) is 44.6 Å². The van der Waals surface area contributed by atoms with Crippen molar-refractivity contribution in [3.8, 4) is 11.5 Å². The molecule has 0 saturated heterocycles. The van der Waals surface area contributed by atoms with Gasteiger partial charge in [0.25, 0.3) is 0 Å². The zero-order chi connectivity index (χ0) is 14.7. The third-order valence-corrected chi connectivity index (χ3v) is 3.26. The molecular weight excluding hydrogens is 257 g/mol. The molecule has 3 nitrogen and oxygen atoms in total. The highest BCUT2D eigenvalue weighted by atomic mass is 19.1. The molecule has 20 heavy (non-hydrogen) atoms. The second-order valence-corrected chi connectivity index (χ2v) is 4.58. The number of rotatable bonds is 4. The van der Waals surface area contributed by atoms with Gasteiger partial charge in [-0.3, -0.25) is 0 Å². The van der Waals surface area contributed by atoms with Gasteiger partial charge >= 0.3 is 0 Å². The topological polar surface area (TPSA) is 44.5 Å². The first-order chi connectivity index (χ1) is 9.58. The van der Waals surface area contributed by atoms with Crippen LogP contribution in [0.4, 0.5) is 4.39 Å². The minimum atomic E-state index is -0.652. The summed E-state index contributed by atoms with van der Waals surface area (Å²) in [6, 6.07) is 9.60. The zero-order valence-electron chi connectivity index (χ0n) is 11.8. The molecule has 0 heterocycles. The molecule has 4 heteroatoms. The van der Waals surface area contributed by atoms with Crippen LogP contribution in [0, 0.1) is 12.7 Å². The first-order valence-electron chi connectivity index (χ1n) is 6.31. The first kappa shape index (κ1) is 14.3. The maximum absolute atomic E-state index is 14.0. The van der Waals surface area contributed by atoms with Crippen molar-refractivity contribution >= 4 is 0 Å². The van der Waals surface area contributed by atoms with Gasteiger partial charge in [-0.2, -0.15) is 0 Å². The minimum absolute atomic E-state index is 0.337. The van der Waals surface area contributed by atoms with Crippen LogP contribution in [0.5, 0.6) is 11.5 Å². The molecule has 0 aliphatic carbocycles. The Hall–Kier alpha value is -2.07. The van der Waals surface area contributed by atoms with Gasteiger partial charge in [-0.1, -0.05) is 23.8 Å². The zero-order valence-corrected chi connectivity index (χ0v) is 11.8. The highest BCUT2D eigenvalue weighted by Gasteiger charge is 2.21. The molecule has 0 bridgehead atoms. The molecule has 0 aromatic heterocycles. The van der Waals surface area contributed by atoms with Crippen molar-refractivity contribution in [3.05, 3.63) is 58.9 Å². The first-order valence-corrected chi connectivity index (χ1v) is 6.31. The van der Waals surface area contributed by atoms with Crippen LogP contribution in [0.25, 0.3) is 0 Å². The Morgan fingerprint density at radius 1 is 1.05 bits per heavy atom. The predicted octanol–water partition coefficient (Wildman–Crippen LogP) is 3.20. The van der Waals surface area contributed by atoms with Crippen LogP contribution in [0.15, 0.2) is 36.4 Å². The van der Waals surface area contributed by atoms with Crippen LogP contribution < -0.4 is 15.2 Å². The van der Waals surface area contributed by atoms with Gasteiger partial charge in [-0.25, -0.2) is 4.39 Å². The number of hydrogen-bond donors (Lipinski definition) is 1. The van der Waals surface area contributed by atoms with Gasteiger partial charge in [0.1, 0.15) is 17.3 Å². The fraction of sp³-hybridized carbons (Fsp3) is 0.250. The monoisotopic (exact) mass is 275 g/mol. The van der Waals surface area contributed by atoms with E-state index in [4.69, 9.17) is 15.2 Å². The smallest absolute Gasteiger partial charge is 0.128 e. The molecule has 2 N–H and O–H groups in total. The average molecular weight is 275 g/mol. The quantitative estimate of drug-likeness (QED) is 0.932. The number of benzene rings is 2. The Bertz CT molecular complexity index is 591. The van der Waals surface area contributed by atoms with Gasteiger partial charge in [0.15, 0.2) is 0 Å². The Morgan fingerprint density at radius 2 is 1.65 bits per heavy atom. The standard InChI is InChI=1S/C16H18FNO2/c1-10-7-8-12(17)11(9-10)16(18)15-13(19-2)5-4-6-14(15)20-3/h4-9,16H,18H2,1-3H3. The Morgan fingerprint density at radius 3 is 2.20 bits per heavy atom. The van der Waals surface area contributed by atoms with Crippen LogP contribution in [0.2, 0.25) is 0 Å². The van der Waals surface area contributed by atoms with Crippen molar-refractivity contribution in [3.63, 3.8) is 0 Å². The van der Waals surface area contributed by atoms with Crippen LogP contribution >= 0.6 is 0 Å². The van der Waals surface area contributed by atoms with E-state index >= 15 is 0 Å². The maximum atomic E-state index is 14.0. The molecule has 0 amide bonds. The number of methoxy groups -OCH3 is 2. The Labute approximate surface area is 118 Å². The molecule has 2 aromatic carbocycles. The third kappa shape index (κ3) is 2.60. The molecule has 2 aromatic rings. The lowest BCUT2D eigenvalue weighted by Crippen LogP contribution is -2.16. The summed E-state index contributed by atoms with van der Waals surface area (Å²) in [7, 11) is 3.11. The number of ether oxygens (including phenoxy) is 2. The van der Waals surface area contributed by atoms with E-state index in [0.29, 0.717) is 22.6 Å². The number of nitrogens with two attached hydrogens (primary N) is 1. The summed E-state index contributed by atoms with van der Waals surface area (Å²) in [6.07, 6.45) is 0. The van der Waals surface area contributed by atoms with Crippen molar-refractivity contribution in [1.82, 2.24) is 0 Å². The number of halogens is 1. The lowest BCUT2D eigenvalue weighted by Gasteiger charge is -2.20. The van der Waals surface area contributed by atoms with Gasteiger partial charge in [0, 0.05) is 5.56 Å².